The Kier molecular flexibility index (Phi) is 7.64. The molecule has 0 saturated carbocycles. The fourth-order valence-electron chi connectivity index (χ4n) is 4.19. The van der Waals surface area contributed by atoms with Gasteiger partial charge in [-0.05, 0) is 45.7 Å². The van der Waals surface area contributed by atoms with E-state index in [4.69, 9.17) is 32.7 Å². The lowest BCUT2D eigenvalue weighted by molar-refractivity contribution is -0.150. The van der Waals surface area contributed by atoms with Crippen molar-refractivity contribution in [1.82, 2.24) is 15.8 Å². The molecule has 3 rings (SSSR count). The summed E-state index contributed by atoms with van der Waals surface area (Å²) in [7, 11) is 0. The first kappa shape index (κ1) is 26.4. The summed E-state index contributed by atoms with van der Waals surface area (Å²) in [6.07, 6.45) is 0.430. The van der Waals surface area contributed by atoms with Gasteiger partial charge in [0.15, 0.2) is 0 Å². The molecule has 2 saturated heterocycles. The number of benzene rings is 1. The zero-order valence-electron chi connectivity index (χ0n) is 19.1. The van der Waals surface area contributed by atoms with Crippen LogP contribution >= 0.6 is 23.2 Å². The highest BCUT2D eigenvalue weighted by atomic mass is 35.5. The minimum absolute atomic E-state index is 0.0276. The van der Waals surface area contributed by atoms with Crippen LogP contribution in [-0.2, 0) is 25.0 Å². The van der Waals surface area contributed by atoms with Crippen molar-refractivity contribution >= 4 is 41.1 Å². The van der Waals surface area contributed by atoms with Gasteiger partial charge in [0, 0.05) is 37.3 Å². The van der Waals surface area contributed by atoms with E-state index < -0.39 is 46.3 Å². The van der Waals surface area contributed by atoms with Crippen molar-refractivity contribution in [3.8, 4) is 0 Å². The maximum Gasteiger partial charge on any atom is 0.410 e. The van der Waals surface area contributed by atoms with Crippen molar-refractivity contribution in [3.63, 3.8) is 0 Å². The van der Waals surface area contributed by atoms with Crippen LogP contribution in [0.15, 0.2) is 18.2 Å². The molecule has 1 unspecified atom stereocenters. The summed E-state index contributed by atoms with van der Waals surface area (Å²) in [5.41, 5.74) is 1.91. The third-order valence-electron chi connectivity index (χ3n) is 5.97. The second kappa shape index (κ2) is 9.83. The number of amides is 3. The third-order valence-corrected chi connectivity index (χ3v) is 6.71. The fourth-order valence-corrected chi connectivity index (χ4v) is 4.48. The molecule has 3 amide bonds. The lowest BCUT2D eigenvalue weighted by Gasteiger charge is -2.37. The summed E-state index contributed by atoms with van der Waals surface area (Å²) < 4.78 is 40.1. The average molecular weight is 522 g/mol. The molecule has 0 aromatic heterocycles. The highest BCUT2D eigenvalue weighted by Crippen LogP contribution is 2.44. The van der Waals surface area contributed by atoms with Crippen LogP contribution in [0.25, 0.3) is 0 Å². The zero-order chi connectivity index (χ0) is 25.3. The Morgan fingerprint density at radius 3 is 2.35 bits per heavy atom. The number of ether oxygens (including phenoxy) is 2. The second-order valence-corrected chi connectivity index (χ2v) is 10.3. The molecule has 188 valence electrons. The van der Waals surface area contributed by atoms with Crippen LogP contribution in [0.5, 0.6) is 0 Å². The number of nitrogens with one attached hydrogen (secondary N) is 2. The summed E-state index contributed by atoms with van der Waals surface area (Å²) in [5.74, 6) is -7.13. The van der Waals surface area contributed by atoms with Gasteiger partial charge in [-0.3, -0.25) is 20.4 Å². The van der Waals surface area contributed by atoms with Crippen LogP contribution in [0.3, 0.4) is 0 Å². The van der Waals surface area contributed by atoms with Gasteiger partial charge in [0.05, 0.1) is 16.0 Å². The molecular weight excluding hydrogens is 495 g/mol. The van der Waals surface area contributed by atoms with Crippen molar-refractivity contribution in [3.05, 3.63) is 33.8 Å². The van der Waals surface area contributed by atoms with E-state index in [1.165, 1.54) is 4.90 Å². The summed E-state index contributed by atoms with van der Waals surface area (Å²) in [6, 6.07) is 3.01. The number of rotatable bonds is 3. The number of carbonyl (C=O) groups excluding carboxylic acids is 3. The topological polar surface area (TPSA) is 97.0 Å². The van der Waals surface area contributed by atoms with Crippen LogP contribution in [0, 0.1) is 11.3 Å². The van der Waals surface area contributed by atoms with E-state index in [0.29, 0.717) is 26.1 Å². The van der Waals surface area contributed by atoms with E-state index in [-0.39, 0.29) is 23.1 Å². The summed E-state index contributed by atoms with van der Waals surface area (Å²) in [4.78, 5) is 39.3. The van der Waals surface area contributed by atoms with Crippen LogP contribution in [0.1, 0.15) is 39.2 Å². The van der Waals surface area contributed by atoms with Crippen LogP contribution in [-0.4, -0.2) is 54.7 Å². The average Bonchev–Trinajstić information content (AvgIpc) is 3.11. The Morgan fingerprint density at radius 1 is 1.12 bits per heavy atom. The van der Waals surface area contributed by atoms with Crippen LogP contribution in [0.4, 0.5) is 13.6 Å². The number of nitrogens with zero attached hydrogens (tertiary/aromatic N) is 1. The monoisotopic (exact) mass is 521 g/mol. The maximum atomic E-state index is 14.6. The molecule has 0 bridgehead atoms. The number of halogens is 4. The molecule has 2 aliphatic heterocycles. The lowest BCUT2D eigenvalue weighted by Crippen LogP contribution is -2.53. The standard InChI is InChI=1S/C22H27Cl2F2N3O5/c1-20(2,3)34-19(32)29-11-14(21(12-29)6-8-33-9-7-21)17(30)27-28-18(31)22(25,26)13-4-5-15(23)16(24)10-13/h4-5,10,14H,6-9,11-12H2,1-3H3,(H,27,30)(H,28,31). The van der Waals surface area contributed by atoms with Gasteiger partial charge in [0.1, 0.15) is 5.60 Å². The Morgan fingerprint density at radius 2 is 1.76 bits per heavy atom. The van der Waals surface area contributed by atoms with Gasteiger partial charge < -0.3 is 14.4 Å². The Labute approximate surface area is 206 Å². The van der Waals surface area contributed by atoms with E-state index in [9.17, 15) is 23.2 Å². The largest absolute Gasteiger partial charge is 0.444 e. The van der Waals surface area contributed by atoms with E-state index in [1.807, 2.05) is 0 Å². The SMILES string of the molecule is CC(C)(C)OC(=O)N1CC(C(=O)NNC(=O)C(F)(F)c2ccc(Cl)c(Cl)c2)C2(CCOCC2)C1. The van der Waals surface area contributed by atoms with Crippen molar-refractivity contribution in [2.24, 2.45) is 11.3 Å². The normalized spacial score (nSPS) is 20.2. The van der Waals surface area contributed by atoms with Gasteiger partial charge in [0.2, 0.25) is 5.91 Å². The number of hydrogen-bond donors (Lipinski definition) is 2. The number of hydrazine groups is 1. The van der Waals surface area contributed by atoms with Crippen LogP contribution in [0.2, 0.25) is 10.0 Å². The van der Waals surface area contributed by atoms with E-state index in [1.54, 1.807) is 26.2 Å². The molecule has 2 N–H and O–H groups in total. The summed E-state index contributed by atoms with van der Waals surface area (Å²) >= 11 is 11.5. The molecule has 34 heavy (non-hydrogen) atoms. The molecule has 0 aliphatic carbocycles. The third kappa shape index (κ3) is 5.72. The number of carbonyl (C=O) groups is 3. The Balaban J connectivity index is 1.70. The van der Waals surface area contributed by atoms with E-state index in [0.717, 1.165) is 18.2 Å². The first-order valence-electron chi connectivity index (χ1n) is 10.7. The highest BCUT2D eigenvalue weighted by Gasteiger charge is 2.53. The molecule has 1 spiro atoms. The molecule has 2 heterocycles. The van der Waals surface area contributed by atoms with Crippen molar-refractivity contribution in [2.45, 2.75) is 45.1 Å². The number of likely N-dealkylation sites (tertiary alicyclic amines) is 1. The summed E-state index contributed by atoms with van der Waals surface area (Å²) in [5, 5.41) is -0.0715. The number of hydrogen-bond acceptors (Lipinski definition) is 5. The fraction of sp³-hybridized carbons (Fsp3) is 0.591. The van der Waals surface area contributed by atoms with E-state index >= 15 is 0 Å². The Hall–Kier alpha value is -2.17. The predicted molar refractivity (Wildman–Crippen MR) is 120 cm³/mol. The molecular formula is C22H27Cl2F2N3O5. The van der Waals surface area contributed by atoms with Gasteiger partial charge in [-0.2, -0.15) is 8.78 Å². The minimum Gasteiger partial charge on any atom is -0.444 e. The Bertz CT molecular complexity index is 964. The molecule has 0 radical (unpaired) electrons. The zero-order valence-corrected chi connectivity index (χ0v) is 20.6. The molecule has 1 aromatic carbocycles. The molecule has 1 aromatic rings. The highest BCUT2D eigenvalue weighted by molar-refractivity contribution is 6.42. The predicted octanol–water partition coefficient (Wildman–Crippen LogP) is 3.90. The molecule has 8 nitrogen and oxygen atoms in total. The molecule has 2 fully saturated rings. The summed E-state index contributed by atoms with van der Waals surface area (Å²) in [6.45, 7) is 6.29. The van der Waals surface area contributed by atoms with Gasteiger partial charge in [-0.1, -0.05) is 29.3 Å². The van der Waals surface area contributed by atoms with Gasteiger partial charge in [-0.15, -0.1) is 0 Å². The molecule has 12 heteroatoms. The first-order valence-corrected chi connectivity index (χ1v) is 11.5. The van der Waals surface area contributed by atoms with Crippen molar-refractivity contribution in [1.29, 1.82) is 0 Å². The van der Waals surface area contributed by atoms with E-state index in [2.05, 4.69) is 5.43 Å². The van der Waals surface area contributed by atoms with Crippen LogP contribution < -0.4 is 10.9 Å². The maximum absolute atomic E-state index is 14.6. The number of alkyl halides is 2. The first-order chi connectivity index (χ1) is 15.7. The molecule has 2 aliphatic rings. The van der Waals surface area contributed by atoms with Gasteiger partial charge in [0.25, 0.3) is 0 Å². The van der Waals surface area contributed by atoms with Crippen molar-refractivity contribution in [2.75, 3.05) is 26.3 Å². The second-order valence-electron chi connectivity index (χ2n) is 9.53. The van der Waals surface area contributed by atoms with Gasteiger partial charge >= 0.3 is 17.9 Å². The smallest absolute Gasteiger partial charge is 0.410 e. The van der Waals surface area contributed by atoms with Crippen molar-refractivity contribution < 1.29 is 32.6 Å². The molecule has 1 atom stereocenters. The van der Waals surface area contributed by atoms with Gasteiger partial charge in [-0.25, -0.2) is 4.79 Å². The quantitative estimate of drug-likeness (QED) is 0.588. The lowest BCUT2D eigenvalue weighted by atomic mass is 9.72. The minimum atomic E-state index is -3.98.